The average Bonchev–Trinajstić information content (AvgIpc) is 3.60. The zero-order valence-corrected chi connectivity index (χ0v) is 20.0. The van der Waals surface area contributed by atoms with E-state index in [9.17, 15) is 4.79 Å². The fraction of sp³-hybridized carbons (Fsp3) is 0.346. The van der Waals surface area contributed by atoms with E-state index in [1.54, 1.807) is 6.20 Å². The molecule has 9 heteroatoms. The molecule has 4 aromatic rings. The highest BCUT2D eigenvalue weighted by molar-refractivity contribution is 7.98. The van der Waals surface area contributed by atoms with Crippen LogP contribution in [0.15, 0.2) is 35.5 Å². The van der Waals surface area contributed by atoms with Gasteiger partial charge in [-0.3, -0.25) is 9.88 Å². The van der Waals surface area contributed by atoms with Gasteiger partial charge in [-0.15, -0.1) is 11.8 Å². The SMILES string of the molecule is CSc1nc2c(F)c(-c3cccc4c3OCCC4)ncc2c2[nH]c(C3CCC4COC(=O)N43)cc12. The van der Waals surface area contributed by atoms with Crippen molar-refractivity contribution in [2.75, 3.05) is 19.5 Å². The third kappa shape index (κ3) is 3.07. The minimum absolute atomic E-state index is 0.0859. The predicted octanol–water partition coefficient (Wildman–Crippen LogP) is 5.62. The number of rotatable bonds is 3. The molecule has 2 unspecified atom stereocenters. The molecule has 1 N–H and O–H groups in total. The number of thioether (sulfide) groups is 1. The van der Waals surface area contributed by atoms with Gasteiger partial charge in [-0.25, -0.2) is 14.2 Å². The van der Waals surface area contributed by atoms with E-state index < -0.39 is 5.82 Å². The summed E-state index contributed by atoms with van der Waals surface area (Å²) in [5, 5.41) is 2.26. The molecule has 7 nitrogen and oxygen atoms in total. The smallest absolute Gasteiger partial charge is 0.410 e. The number of pyridine rings is 2. The van der Waals surface area contributed by atoms with Crippen molar-refractivity contribution < 1.29 is 18.7 Å². The monoisotopic (exact) mass is 490 g/mol. The quantitative estimate of drug-likeness (QED) is 0.376. The summed E-state index contributed by atoms with van der Waals surface area (Å²) in [5.74, 6) is 0.258. The molecule has 0 saturated carbocycles. The molecule has 0 bridgehead atoms. The number of hydrogen-bond donors (Lipinski definition) is 1. The number of carbonyl (C=O) groups is 1. The van der Waals surface area contributed by atoms with Gasteiger partial charge in [0.2, 0.25) is 0 Å². The molecule has 35 heavy (non-hydrogen) atoms. The molecule has 3 aliphatic heterocycles. The van der Waals surface area contributed by atoms with Crippen molar-refractivity contribution in [3.8, 4) is 17.0 Å². The standard InChI is InChI=1S/C26H23FN4O3S/c1-35-25-16-10-18(19-8-7-14-12-34-26(32)31(14)19)29-21(16)17-11-28-22(20(27)23(17)30-25)15-6-2-4-13-5-3-9-33-24(13)15/h2,4,6,10-11,14,19,29H,3,5,7-9,12H2,1H3. The summed E-state index contributed by atoms with van der Waals surface area (Å²) < 4.78 is 27.2. The lowest BCUT2D eigenvalue weighted by molar-refractivity contribution is 0.149. The summed E-state index contributed by atoms with van der Waals surface area (Å²) in [6.45, 7) is 1.06. The van der Waals surface area contributed by atoms with Gasteiger partial charge in [0.25, 0.3) is 0 Å². The zero-order chi connectivity index (χ0) is 23.7. The van der Waals surface area contributed by atoms with Gasteiger partial charge in [-0.2, -0.15) is 0 Å². The molecule has 3 aromatic heterocycles. The molecule has 3 aliphatic rings. The Morgan fingerprint density at radius 3 is 3.03 bits per heavy atom. The van der Waals surface area contributed by atoms with E-state index in [2.05, 4.69) is 9.97 Å². The molecule has 178 valence electrons. The van der Waals surface area contributed by atoms with Crippen molar-refractivity contribution in [1.82, 2.24) is 19.9 Å². The Bertz CT molecular complexity index is 1520. The molecule has 7 rings (SSSR count). The number of nitrogens with zero attached hydrogens (tertiary/aromatic N) is 3. The molecule has 0 radical (unpaired) electrons. The highest BCUT2D eigenvalue weighted by Crippen LogP contribution is 2.43. The number of amides is 1. The highest BCUT2D eigenvalue weighted by atomic mass is 32.2. The van der Waals surface area contributed by atoms with Gasteiger partial charge in [0, 0.05) is 28.2 Å². The first-order valence-corrected chi connectivity index (χ1v) is 13.1. The van der Waals surface area contributed by atoms with Gasteiger partial charge in [-0.05, 0) is 49.6 Å². The van der Waals surface area contributed by atoms with E-state index in [0.717, 1.165) is 52.9 Å². The number of aryl methyl sites for hydroxylation is 1. The van der Waals surface area contributed by atoms with Crippen LogP contribution < -0.4 is 4.74 Å². The Labute approximate surface area is 205 Å². The van der Waals surface area contributed by atoms with E-state index in [1.807, 2.05) is 35.4 Å². The van der Waals surface area contributed by atoms with Crippen LogP contribution in [-0.4, -0.2) is 51.5 Å². The third-order valence-corrected chi connectivity index (χ3v) is 8.10. The molecule has 1 aromatic carbocycles. The minimum atomic E-state index is -0.456. The van der Waals surface area contributed by atoms with Gasteiger partial charge < -0.3 is 14.5 Å². The molecule has 0 spiro atoms. The van der Waals surface area contributed by atoms with Crippen molar-refractivity contribution >= 4 is 39.7 Å². The van der Waals surface area contributed by atoms with E-state index in [1.165, 1.54) is 11.8 Å². The van der Waals surface area contributed by atoms with Gasteiger partial charge in [0.05, 0.1) is 24.2 Å². The molecule has 6 heterocycles. The second kappa shape index (κ2) is 7.84. The maximum absolute atomic E-state index is 16.0. The number of fused-ring (bicyclic) bond motifs is 5. The summed E-state index contributed by atoms with van der Waals surface area (Å²) in [5.41, 5.74) is 3.97. The first-order chi connectivity index (χ1) is 17.1. The lowest BCUT2D eigenvalue weighted by Gasteiger charge is -2.20. The zero-order valence-electron chi connectivity index (χ0n) is 19.1. The topological polar surface area (TPSA) is 80.3 Å². The van der Waals surface area contributed by atoms with Gasteiger partial charge in [0.1, 0.15) is 28.6 Å². The first kappa shape index (κ1) is 21.0. The number of ether oxygens (including phenoxy) is 2. The normalized spacial score (nSPS) is 21.3. The van der Waals surface area contributed by atoms with Crippen LogP contribution in [0.25, 0.3) is 33.1 Å². The molecule has 2 saturated heterocycles. The van der Waals surface area contributed by atoms with Crippen molar-refractivity contribution in [2.45, 2.75) is 42.8 Å². The van der Waals surface area contributed by atoms with Crippen molar-refractivity contribution in [2.24, 2.45) is 0 Å². The first-order valence-electron chi connectivity index (χ1n) is 11.9. The number of hydrogen-bond acceptors (Lipinski definition) is 6. The van der Waals surface area contributed by atoms with Crippen molar-refractivity contribution in [3.63, 3.8) is 0 Å². The Morgan fingerprint density at radius 1 is 1.23 bits per heavy atom. The van der Waals surface area contributed by atoms with E-state index >= 15 is 4.39 Å². The second-order valence-electron chi connectivity index (χ2n) is 9.29. The summed E-state index contributed by atoms with van der Waals surface area (Å²) in [4.78, 5) is 26.9. The van der Waals surface area contributed by atoms with Crippen LogP contribution >= 0.6 is 11.8 Å². The maximum atomic E-state index is 16.0. The van der Waals surface area contributed by atoms with Gasteiger partial charge in [0.15, 0.2) is 5.82 Å². The summed E-state index contributed by atoms with van der Waals surface area (Å²) in [6.07, 6.45) is 6.99. The Balaban J connectivity index is 1.40. The molecular weight excluding hydrogens is 467 g/mol. The number of aromatic nitrogens is 3. The second-order valence-corrected chi connectivity index (χ2v) is 10.1. The molecule has 2 fully saturated rings. The van der Waals surface area contributed by atoms with Crippen molar-refractivity contribution in [1.29, 1.82) is 0 Å². The maximum Gasteiger partial charge on any atom is 0.410 e. The van der Waals surface area contributed by atoms with Crippen LogP contribution in [0.4, 0.5) is 9.18 Å². The Morgan fingerprint density at radius 2 is 2.14 bits per heavy atom. The van der Waals surface area contributed by atoms with Crippen LogP contribution in [-0.2, 0) is 11.2 Å². The van der Waals surface area contributed by atoms with Crippen LogP contribution in [0, 0.1) is 5.82 Å². The molecular formula is C26H23FN4O3S. The van der Waals surface area contributed by atoms with Gasteiger partial charge >= 0.3 is 6.09 Å². The third-order valence-electron chi connectivity index (χ3n) is 7.40. The number of para-hydroxylation sites is 1. The number of H-pyrrole nitrogens is 1. The van der Waals surface area contributed by atoms with E-state index in [-0.39, 0.29) is 29.4 Å². The van der Waals surface area contributed by atoms with E-state index in [4.69, 9.17) is 14.5 Å². The van der Waals surface area contributed by atoms with Crippen LogP contribution in [0.5, 0.6) is 5.75 Å². The van der Waals surface area contributed by atoms with Gasteiger partial charge in [-0.1, -0.05) is 12.1 Å². The lowest BCUT2D eigenvalue weighted by atomic mass is 9.99. The fourth-order valence-corrected chi connectivity index (χ4v) is 6.32. The number of benzene rings is 1. The number of cyclic esters (lactones) is 1. The number of nitrogens with one attached hydrogen (secondary N) is 1. The van der Waals surface area contributed by atoms with Crippen molar-refractivity contribution in [3.05, 3.63) is 47.5 Å². The summed E-state index contributed by atoms with van der Waals surface area (Å²) in [6, 6.07) is 7.88. The predicted molar refractivity (Wildman–Crippen MR) is 131 cm³/mol. The average molecular weight is 491 g/mol. The molecule has 1 amide bonds. The lowest BCUT2D eigenvalue weighted by Crippen LogP contribution is -2.29. The van der Waals surface area contributed by atoms with E-state index in [0.29, 0.717) is 29.9 Å². The number of halogens is 1. The fourth-order valence-electron chi connectivity index (χ4n) is 5.76. The highest BCUT2D eigenvalue weighted by Gasteiger charge is 2.44. The van der Waals surface area contributed by atoms with Crippen LogP contribution in [0.1, 0.15) is 36.6 Å². The summed E-state index contributed by atoms with van der Waals surface area (Å²) in [7, 11) is 0. The summed E-state index contributed by atoms with van der Waals surface area (Å²) >= 11 is 1.47. The molecule has 0 aliphatic carbocycles. The Hall–Kier alpha value is -3.33. The minimum Gasteiger partial charge on any atom is -0.493 e. The van der Waals surface area contributed by atoms with Crippen LogP contribution in [0.2, 0.25) is 0 Å². The van der Waals surface area contributed by atoms with Crippen LogP contribution in [0.3, 0.4) is 0 Å². The number of carbonyl (C=O) groups excluding carboxylic acids is 1. The number of aromatic amines is 1. The molecule has 2 atom stereocenters. The Kier molecular flexibility index (Phi) is 4.70. The largest absolute Gasteiger partial charge is 0.493 e.